The van der Waals surface area contributed by atoms with Crippen LogP contribution >= 0.6 is 11.3 Å². The molecule has 0 saturated carbocycles. The summed E-state index contributed by atoms with van der Waals surface area (Å²) >= 11 is 1.72. The normalized spacial score (nSPS) is 18.2. The van der Waals surface area contributed by atoms with Crippen molar-refractivity contribution in [2.24, 2.45) is 10.7 Å². The first-order valence-corrected chi connectivity index (χ1v) is 10.3. The number of rotatable bonds is 5. The molecule has 1 fully saturated rings. The zero-order valence-electron chi connectivity index (χ0n) is 16.1. The Balaban J connectivity index is 1.82. The fraction of sp³-hybridized carbons (Fsp3) is 0.350. The van der Waals surface area contributed by atoms with Gasteiger partial charge in [0.2, 0.25) is 0 Å². The Morgan fingerprint density at radius 3 is 3.07 bits per heavy atom. The number of nitrogens with zero attached hydrogens (tertiary/aromatic N) is 4. The molecule has 4 heterocycles. The van der Waals surface area contributed by atoms with Gasteiger partial charge in [-0.3, -0.25) is 9.39 Å². The van der Waals surface area contributed by atoms with Crippen LogP contribution in [0.2, 0.25) is 0 Å². The Bertz CT molecular complexity index is 1020. The number of nitrogens with one attached hydrogen (secondary N) is 2. The van der Waals surface area contributed by atoms with E-state index in [2.05, 4.69) is 49.6 Å². The fourth-order valence-corrected chi connectivity index (χ4v) is 4.43. The van der Waals surface area contributed by atoms with E-state index < -0.39 is 0 Å². The number of piperidine rings is 1. The van der Waals surface area contributed by atoms with Gasteiger partial charge in [0.05, 0.1) is 28.2 Å². The number of hydrogen-bond donors (Lipinski definition) is 3. The van der Waals surface area contributed by atoms with Crippen molar-refractivity contribution >= 4 is 29.0 Å². The standard InChI is InChI=1S/C20H25N7S/c1-13-6-18(28-12-13)17-10-24-19(25-15(7-21)9-22-2)20-26-16(11-27(17)20)14-4-3-5-23-8-14/h6-7,9-12,14,23H,3-5,8,21H2,1-2H3,(H,24,25). The van der Waals surface area contributed by atoms with E-state index in [9.17, 15) is 0 Å². The summed E-state index contributed by atoms with van der Waals surface area (Å²) in [6, 6.07) is 2.19. The number of aryl methyl sites for hydroxylation is 1. The minimum absolute atomic E-state index is 0.418. The van der Waals surface area contributed by atoms with Gasteiger partial charge in [0, 0.05) is 38.1 Å². The van der Waals surface area contributed by atoms with E-state index in [1.54, 1.807) is 24.6 Å². The monoisotopic (exact) mass is 395 g/mol. The highest BCUT2D eigenvalue weighted by Crippen LogP contribution is 2.31. The van der Waals surface area contributed by atoms with Gasteiger partial charge in [-0.15, -0.1) is 11.3 Å². The highest BCUT2D eigenvalue weighted by Gasteiger charge is 2.21. The molecule has 4 rings (SSSR count). The molecule has 28 heavy (non-hydrogen) atoms. The van der Waals surface area contributed by atoms with Crippen LogP contribution in [0, 0.1) is 6.92 Å². The average Bonchev–Trinajstić information content (AvgIpc) is 3.35. The molecule has 146 valence electrons. The molecule has 0 radical (unpaired) electrons. The summed E-state index contributed by atoms with van der Waals surface area (Å²) in [5, 5.41) is 8.89. The maximum atomic E-state index is 5.72. The number of thiophene rings is 1. The van der Waals surface area contributed by atoms with Gasteiger partial charge in [0.15, 0.2) is 11.5 Å². The molecule has 1 aliphatic rings. The number of aliphatic imine (C=N–C) groups is 1. The molecule has 0 aliphatic carbocycles. The number of imidazole rings is 1. The number of aromatic nitrogens is 3. The molecular weight excluding hydrogens is 370 g/mol. The van der Waals surface area contributed by atoms with Crippen LogP contribution in [0.15, 0.2) is 40.7 Å². The van der Waals surface area contributed by atoms with Crippen molar-refractivity contribution in [1.29, 1.82) is 0 Å². The average molecular weight is 396 g/mol. The summed E-state index contributed by atoms with van der Waals surface area (Å²) in [5.74, 6) is 1.09. The Labute approximate surface area is 168 Å². The first-order chi connectivity index (χ1) is 13.7. The SMILES string of the molecule is CN=CC(=CN)Nc1ncc(-c2cc(C)cs2)n2cc(C3CCCNC3)nc12. The van der Waals surface area contributed by atoms with Crippen molar-refractivity contribution in [1.82, 2.24) is 19.7 Å². The van der Waals surface area contributed by atoms with Crippen LogP contribution in [0.25, 0.3) is 16.2 Å². The van der Waals surface area contributed by atoms with Crippen molar-refractivity contribution in [2.45, 2.75) is 25.7 Å². The largest absolute Gasteiger partial charge is 0.403 e. The first-order valence-electron chi connectivity index (χ1n) is 9.45. The van der Waals surface area contributed by atoms with Crippen molar-refractivity contribution in [2.75, 3.05) is 25.5 Å². The van der Waals surface area contributed by atoms with Crippen molar-refractivity contribution in [3.63, 3.8) is 0 Å². The lowest BCUT2D eigenvalue weighted by molar-refractivity contribution is 0.456. The molecule has 1 aliphatic heterocycles. The zero-order chi connectivity index (χ0) is 19.5. The lowest BCUT2D eigenvalue weighted by Gasteiger charge is -2.20. The van der Waals surface area contributed by atoms with Gasteiger partial charge in [-0.1, -0.05) is 0 Å². The van der Waals surface area contributed by atoms with E-state index in [-0.39, 0.29) is 0 Å². The number of fused-ring (bicyclic) bond motifs is 1. The third kappa shape index (κ3) is 3.65. The lowest BCUT2D eigenvalue weighted by atomic mass is 9.97. The van der Waals surface area contributed by atoms with Crippen LogP contribution in [0.4, 0.5) is 5.82 Å². The predicted octanol–water partition coefficient (Wildman–Crippen LogP) is 3.15. The highest BCUT2D eigenvalue weighted by molar-refractivity contribution is 7.13. The zero-order valence-corrected chi connectivity index (χ0v) is 17.0. The maximum Gasteiger partial charge on any atom is 0.181 e. The Hall–Kier alpha value is -2.71. The molecule has 3 aromatic heterocycles. The number of hydrogen-bond acceptors (Lipinski definition) is 7. The number of nitrogens with two attached hydrogens (primary N) is 1. The third-order valence-corrected chi connectivity index (χ3v) is 5.99. The van der Waals surface area contributed by atoms with Crippen molar-refractivity contribution < 1.29 is 0 Å². The maximum absolute atomic E-state index is 5.72. The molecule has 3 aromatic rings. The van der Waals surface area contributed by atoms with E-state index in [0.717, 1.165) is 36.5 Å². The Kier molecular flexibility index (Phi) is 5.40. The van der Waals surface area contributed by atoms with Crippen LogP contribution in [-0.2, 0) is 0 Å². The summed E-state index contributed by atoms with van der Waals surface area (Å²) < 4.78 is 2.14. The fourth-order valence-electron chi connectivity index (χ4n) is 3.52. The van der Waals surface area contributed by atoms with Gasteiger partial charge >= 0.3 is 0 Å². The third-order valence-electron chi connectivity index (χ3n) is 4.92. The van der Waals surface area contributed by atoms with Crippen molar-refractivity contribution in [3.05, 3.63) is 47.0 Å². The second-order valence-electron chi connectivity index (χ2n) is 7.02. The molecule has 1 unspecified atom stereocenters. The molecule has 4 N–H and O–H groups in total. The summed E-state index contributed by atoms with van der Waals surface area (Å²) in [5.41, 5.74) is 10.6. The van der Waals surface area contributed by atoms with Gasteiger partial charge in [-0.05, 0) is 43.3 Å². The molecule has 8 heteroatoms. The molecule has 0 spiro atoms. The van der Waals surface area contributed by atoms with E-state index in [1.807, 2.05) is 6.20 Å². The van der Waals surface area contributed by atoms with Crippen molar-refractivity contribution in [3.8, 4) is 10.6 Å². The Morgan fingerprint density at radius 2 is 2.39 bits per heavy atom. The van der Waals surface area contributed by atoms with E-state index in [0.29, 0.717) is 17.4 Å². The summed E-state index contributed by atoms with van der Waals surface area (Å²) in [4.78, 5) is 14.8. The van der Waals surface area contributed by atoms with E-state index in [1.165, 1.54) is 23.1 Å². The van der Waals surface area contributed by atoms with E-state index >= 15 is 0 Å². The van der Waals surface area contributed by atoms with Crippen LogP contribution < -0.4 is 16.4 Å². The van der Waals surface area contributed by atoms with Gasteiger partial charge in [0.25, 0.3) is 0 Å². The smallest absolute Gasteiger partial charge is 0.181 e. The minimum Gasteiger partial charge on any atom is -0.403 e. The van der Waals surface area contributed by atoms with Gasteiger partial charge < -0.3 is 16.4 Å². The van der Waals surface area contributed by atoms with Gasteiger partial charge in [0.1, 0.15) is 0 Å². The summed E-state index contributed by atoms with van der Waals surface area (Å²) in [6.45, 7) is 4.15. The molecule has 0 amide bonds. The molecule has 1 saturated heterocycles. The molecule has 0 aromatic carbocycles. The number of allylic oxidation sites excluding steroid dienone is 1. The van der Waals surface area contributed by atoms with Crippen LogP contribution in [0.3, 0.4) is 0 Å². The summed E-state index contributed by atoms with van der Waals surface area (Å²) in [6.07, 6.45) is 9.52. The molecule has 1 atom stereocenters. The molecule has 0 bridgehead atoms. The number of anilines is 1. The predicted molar refractivity (Wildman–Crippen MR) is 116 cm³/mol. The Morgan fingerprint density at radius 1 is 1.50 bits per heavy atom. The molecular formula is C20H25N7S. The minimum atomic E-state index is 0.418. The van der Waals surface area contributed by atoms with E-state index in [4.69, 9.17) is 10.7 Å². The van der Waals surface area contributed by atoms with Gasteiger partial charge in [-0.25, -0.2) is 9.97 Å². The van der Waals surface area contributed by atoms with Crippen LogP contribution in [0.5, 0.6) is 0 Å². The molecule has 7 nitrogen and oxygen atoms in total. The summed E-state index contributed by atoms with van der Waals surface area (Å²) in [7, 11) is 1.71. The second kappa shape index (κ2) is 8.12. The van der Waals surface area contributed by atoms with Crippen LogP contribution in [0.1, 0.15) is 30.0 Å². The lowest BCUT2D eigenvalue weighted by Crippen LogP contribution is -2.28. The second-order valence-corrected chi connectivity index (χ2v) is 7.93. The topological polar surface area (TPSA) is 92.6 Å². The van der Waals surface area contributed by atoms with Crippen LogP contribution in [-0.4, -0.2) is 40.7 Å². The first kappa shape index (κ1) is 18.6. The quantitative estimate of drug-likeness (QED) is 0.577. The van der Waals surface area contributed by atoms with Gasteiger partial charge in [-0.2, -0.15) is 0 Å². The highest BCUT2D eigenvalue weighted by atomic mass is 32.1.